The van der Waals surface area contributed by atoms with Crippen LogP contribution in [0.5, 0.6) is 0 Å². The average Bonchev–Trinajstić information content (AvgIpc) is 2.57. The zero-order valence-electron chi connectivity index (χ0n) is 13.9. The number of para-hydroxylation sites is 2. The van der Waals surface area contributed by atoms with Gasteiger partial charge in [-0.15, -0.1) is 0 Å². The molecule has 112 valence electrons. The first kappa shape index (κ1) is 14.1. The molecule has 3 aromatic carbocycles. The molecule has 1 heterocycles. The van der Waals surface area contributed by atoms with Crippen LogP contribution >= 0.6 is 0 Å². The number of nitrogens with zero attached hydrogens (tertiary/aromatic N) is 1. The van der Waals surface area contributed by atoms with Crippen molar-refractivity contribution in [1.82, 2.24) is 0 Å². The number of anilines is 2. The minimum absolute atomic E-state index is 0.305. The van der Waals surface area contributed by atoms with Gasteiger partial charge in [0, 0.05) is 18.4 Å². The molecule has 0 unspecified atom stereocenters. The molecule has 1 aliphatic rings. The fraction of sp³-hybridized carbons (Fsp3) is 0.143. The highest BCUT2D eigenvalue weighted by Crippen LogP contribution is 2.26. The van der Waals surface area contributed by atoms with Gasteiger partial charge >= 0.3 is 0 Å². The van der Waals surface area contributed by atoms with Gasteiger partial charge < -0.3 is 4.90 Å². The lowest BCUT2D eigenvalue weighted by Gasteiger charge is -2.35. The van der Waals surface area contributed by atoms with Gasteiger partial charge in [-0.2, -0.15) is 0 Å². The van der Waals surface area contributed by atoms with E-state index in [0.29, 0.717) is 6.71 Å². The van der Waals surface area contributed by atoms with Crippen LogP contribution in [0.1, 0.15) is 11.1 Å². The van der Waals surface area contributed by atoms with E-state index in [4.69, 9.17) is 0 Å². The zero-order chi connectivity index (χ0) is 16.0. The predicted molar refractivity (Wildman–Crippen MR) is 102 cm³/mol. The molecule has 0 bridgehead atoms. The molecule has 0 aromatic heterocycles. The third-order valence-electron chi connectivity index (χ3n) is 5.05. The lowest BCUT2D eigenvalue weighted by Crippen LogP contribution is -2.58. The van der Waals surface area contributed by atoms with Crippen LogP contribution in [0.25, 0.3) is 0 Å². The molecular weight excluding hydrogens is 277 g/mol. The van der Waals surface area contributed by atoms with Crippen LogP contribution in [-0.4, -0.2) is 13.8 Å². The number of fused-ring (bicyclic) bond motifs is 2. The standard InChI is InChI=1S/C21H20BN/c1-15-9-8-10-16(2)21(15)22-17-11-4-6-13-19(17)23(3)20-14-7-5-12-18(20)22/h4-14H,1-3H3. The summed E-state index contributed by atoms with van der Waals surface area (Å²) in [7, 11) is 2.17. The molecule has 0 N–H and O–H groups in total. The Hall–Kier alpha value is -2.48. The van der Waals surface area contributed by atoms with E-state index in [1.807, 2.05) is 0 Å². The Morgan fingerprint density at radius 2 is 1.13 bits per heavy atom. The van der Waals surface area contributed by atoms with Crippen LogP contribution in [0.2, 0.25) is 0 Å². The van der Waals surface area contributed by atoms with E-state index in [1.165, 1.54) is 38.9 Å². The number of hydrogen-bond donors (Lipinski definition) is 0. The van der Waals surface area contributed by atoms with Gasteiger partial charge in [0.15, 0.2) is 0 Å². The summed E-state index contributed by atoms with van der Waals surface area (Å²) < 4.78 is 0. The Morgan fingerprint density at radius 3 is 1.65 bits per heavy atom. The van der Waals surface area contributed by atoms with Crippen molar-refractivity contribution in [3.63, 3.8) is 0 Å². The van der Waals surface area contributed by atoms with Crippen molar-refractivity contribution in [1.29, 1.82) is 0 Å². The summed E-state index contributed by atoms with van der Waals surface area (Å²) in [6, 6.07) is 24.2. The van der Waals surface area contributed by atoms with Crippen LogP contribution in [0.4, 0.5) is 11.4 Å². The predicted octanol–water partition coefficient (Wildman–Crippen LogP) is 2.90. The van der Waals surface area contributed by atoms with Gasteiger partial charge in [-0.3, -0.25) is 0 Å². The van der Waals surface area contributed by atoms with Gasteiger partial charge in [0.25, 0.3) is 0 Å². The number of rotatable bonds is 1. The highest BCUT2D eigenvalue weighted by molar-refractivity contribution is 6.98. The summed E-state index contributed by atoms with van der Waals surface area (Å²) in [6.45, 7) is 4.76. The lowest BCUT2D eigenvalue weighted by atomic mass is 9.34. The van der Waals surface area contributed by atoms with Crippen LogP contribution < -0.4 is 21.3 Å². The second kappa shape index (κ2) is 5.31. The number of aryl methyl sites for hydroxylation is 2. The normalized spacial score (nSPS) is 12.8. The number of hydrogen-bond acceptors (Lipinski definition) is 1. The molecule has 0 saturated carbocycles. The van der Waals surface area contributed by atoms with Crippen molar-refractivity contribution < 1.29 is 0 Å². The van der Waals surface area contributed by atoms with Gasteiger partial charge in [-0.1, -0.05) is 71.2 Å². The smallest absolute Gasteiger partial charge is 0.247 e. The number of benzene rings is 3. The van der Waals surface area contributed by atoms with Gasteiger partial charge in [-0.05, 0) is 36.9 Å². The van der Waals surface area contributed by atoms with E-state index >= 15 is 0 Å². The van der Waals surface area contributed by atoms with Crippen LogP contribution in [-0.2, 0) is 0 Å². The SMILES string of the molecule is Cc1cccc(C)c1B1c2ccccc2N(C)c2ccccc21. The second-order valence-corrected chi connectivity index (χ2v) is 6.42. The van der Waals surface area contributed by atoms with Gasteiger partial charge in [0.1, 0.15) is 0 Å². The molecule has 0 fully saturated rings. The Balaban J connectivity index is 2.06. The second-order valence-electron chi connectivity index (χ2n) is 6.42. The Morgan fingerprint density at radius 1 is 0.652 bits per heavy atom. The summed E-state index contributed by atoms with van der Waals surface area (Å²) in [5.74, 6) is 0. The molecule has 0 spiro atoms. The van der Waals surface area contributed by atoms with Crippen molar-refractivity contribution in [2.45, 2.75) is 13.8 Å². The van der Waals surface area contributed by atoms with Crippen molar-refractivity contribution in [3.05, 3.63) is 77.9 Å². The summed E-state index contributed by atoms with van der Waals surface area (Å²) in [5, 5.41) is 0. The van der Waals surface area contributed by atoms with Crippen LogP contribution in [0.15, 0.2) is 66.7 Å². The Kier molecular flexibility index (Phi) is 3.26. The molecule has 2 heteroatoms. The largest absolute Gasteiger partial charge is 0.345 e. The minimum Gasteiger partial charge on any atom is -0.345 e. The molecule has 0 aliphatic carbocycles. The third kappa shape index (κ3) is 2.09. The van der Waals surface area contributed by atoms with Gasteiger partial charge in [-0.25, -0.2) is 0 Å². The topological polar surface area (TPSA) is 3.24 Å². The fourth-order valence-corrected chi connectivity index (χ4v) is 3.97. The maximum Gasteiger partial charge on any atom is 0.247 e. The van der Waals surface area contributed by atoms with E-state index in [0.717, 1.165) is 0 Å². The summed E-state index contributed by atoms with van der Waals surface area (Å²) >= 11 is 0. The van der Waals surface area contributed by atoms with E-state index < -0.39 is 0 Å². The van der Waals surface area contributed by atoms with Crippen molar-refractivity contribution >= 4 is 34.5 Å². The summed E-state index contributed by atoms with van der Waals surface area (Å²) in [6.07, 6.45) is 0. The van der Waals surface area contributed by atoms with E-state index in [1.54, 1.807) is 0 Å². The Bertz CT molecular complexity index is 817. The highest BCUT2D eigenvalue weighted by atomic mass is 15.1. The molecular formula is C21H20BN. The minimum atomic E-state index is 0.305. The average molecular weight is 297 g/mol. The zero-order valence-corrected chi connectivity index (χ0v) is 13.9. The third-order valence-corrected chi connectivity index (χ3v) is 5.05. The summed E-state index contributed by atoms with van der Waals surface area (Å²) in [5.41, 5.74) is 9.57. The van der Waals surface area contributed by atoms with Crippen LogP contribution in [0, 0.1) is 13.8 Å². The molecule has 1 aliphatic heterocycles. The first-order valence-corrected chi connectivity index (χ1v) is 8.16. The Labute approximate surface area is 138 Å². The van der Waals surface area contributed by atoms with Gasteiger partial charge in [0.2, 0.25) is 6.71 Å². The lowest BCUT2D eigenvalue weighted by molar-refractivity contribution is 1.22. The molecule has 0 radical (unpaired) electrons. The van der Waals surface area contributed by atoms with Gasteiger partial charge in [0.05, 0.1) is 0 Å². The maximum atomic E-state index is 2.31. The molecule has 3 aromatic rings. The van der Waals surface area contributed by atoms with E-state index in [9.17, 15) is 0 Å². The molecule has 23 heavy (non-hydrogen) atoms. The van der Waals surface area contributed by atoms with Crippen molar-refractivity contribution in [2.75, 3.05) is 11.9 Å². The van der Waals surface area contributed by atoms with E-state index in [-0.39, 0.29) is 0 Å². The first-order valence-electron chi connectivity index (χ1n) is 8.16. The molecule has 1 nitrogen and oxygen atoms in total. The fourth-order valence-electron chi connectivity index (χ4n) is 3.97. The molecule has 0 amide bonds. The summed E-state index contributed by atoms with van der Waals surface area (Å²) in [4.78, 5) is 2.31. The monoisotopic (exact) mass is 297 g/mol. The van der Waals surface area contributed by atoms with Crippen molar-refractivity contribution in [2.24, 2.45) is 0 Å². The highest BCUT2D eigenvalue weighted by Gasteiger charge is 2.34. The molecule has 0 saturated heterocycles. The first-order chi connectivity index (χ1) is 11.2. The van der Waals surface area contributed by atoms with Crippen molar-refractivity contribution in [3.8, 4) is 0 Å². The van der Waals surface area contributed by atoms with E-state index in [2.05, 4.69) is 92.5 Å². The molecule has 4 rings (SSSR count). The quantitative estimate of drug-likeness (QED) is 0.624. The maximum absolute atomic E-state index is 2.31. The molecule has 0 atom stereocenters. The van der Waals surface area contributed by atoms with Crippen LogP contribution in [0.3, 0.4) is 0 Å².